The lowest BCUT2D eigenvalue weighted by atomic mass is 9.95. The van der Waals surface area contributed by atoms with Crippen molar-refractivity contribution >= 4 is 49.8 Å². The summed E-state index contributed by atoms with van der Waals surface area (Å²) in [5, 5.41) is 51.2. The first-order valence-electron chi connectivity index (χ1n) is 49.7. The van der Waals surface area contributed by atoms with Crippen molar-refractivity contribution in [2.45, 2.75) is 558 Å². The molecule has 1 saturated heterocycles. The number of carbonyl (C=O) groups is 7. The second-order valence-corrected chi connectivity index (χ2v) is 36.3. The SMILES string of the molecule is CCCCCCCCCCCCCCCC(=O)OC(CCCCCCCCCCC)CC(=O)N[C@@H](C=O)[C@@H](O)[C@H](O)[C@H](O)CO[C@@H]1O[C@H](CO)[C@@H](OP(=O)(O)O)[C@H](OC(=O)CC(CCCCCCCCCCC)OC(=O)CCCCCCCCCCCCC)[C@H]1NC(=O)CC(CCCCCCCCCCC)OC(=O)CCCCCCCCCCC. The van der Waals surface area contributed by atoms with Crippen molar-refractivity contribution in [3.63, 3.8) is 0 Å². The van der Waals surface area contributed by atoms with Crippen LogP contribution >= 0.6 is 7.82 Å². The maximum absolute atomic E-state index is 14.9. The van der Waals surface area contributed by atoms with Crippen LogP contribution in [-0.4, -0.2) is 159 Å². The van der Waals surface area contributed by atoms with Gasteiger partial charge in [0, 0.05) is 19.3 Å². The number of aldehydes is 1. The van der Waals surface area contributed by atoms with Crippen molar-refractivity contribution in [2.24, 2.45) is 0 Å². The molecule has 1 heterocycles. The Hall–Kier alpha value is -3.64. The van der Waals surface area contributed by atoms with E-state index in [1.807, 2.05) is 0 Å². The Kier molecular flexibility index (Phi) is 76.2. The summed E-state index contributed by atoms with van der Waals surface area (Å²) in [5.74, 6) is -4.09. The summed E-state index contributed by atoms with van der Waals surface area (Å²) >= 11 is 0. The number of hydrogen-bond acceptors (Lipinski definition) is 19. The van der Waals surface area contributed by atoms with Crippen LogP contribution in [0.5, 0.6) is 0 Å². The predicted molar refractivity (Wildman–Crippen MR) is 479 cm³/mol. The molecule has 1 aliphatic heterocycles. The van der Waals surface area contributed by atoms with E-state index in [-0.39, 0.29) is 38.4 Å². The molecule has 0 spiro atoms. The number of carbonyl (C=O) groups excluding carboxylic acids is 7. The van der Waals surface area contributed by atoms with Gasteiger partial charge in [-0.15, -0.1) is 0 Å². The van der Waals surface area contributed by atoms with E-state index in [1.54, 1.807) is 0 Å². The number of phosphoric ester groups is 1. The van der Waals surface area contributed by atoms with Gasteiger partial charge in [0.05, 0.1) is 32.5 Å². The first kappa shape index (κ1) is 114. The van der Waals surface area contributed by atoms with E-state index in [0.29, 0.717) is 51.4 Å². The van der Waals surface area contributed by atoms with Crippen molar-refractivity contribution in [2.75, 3.05) is 13.2 Å². The number of esters is 4. The first-order valence-corrected chi connectivity index (χ1v) is 51.2. The molecule has 1 rings (SSSR count). The minimum absolute atomic E-state index is 0.110. The van der Waals surface area contributed by atoms with Crippen molar-refractivity contribution in [3.05, 3.63) is 0 Å². The third kappa shape index (κ3) is 65.0. The van der Waals surface area contributed by atoms with E-state index < -0.39 is 143 Å². The Morgan fingerprint density at radius 1 is 0.375 bits per heavy atom. The minimum atomic E-state index is -5.61. The van der Waals surface area contributed by atoms with E-state index in [2.05, 4.69) is 52.2 Å². The third-order valence-corrected chi connectivity index (χ3v) is 24.2. The first-order chi connectivity index (χ1) is 58.2. The number of ether oxygens (including phenoxy) is 6. The van der Waals surface area contributed by atoms with E-state index in [9.17, 15) is 68.3 Å². The van der Waals surface area contributed by atoms with E-state index >= 15 is 0 Å². The average molecular weight is 1730 g/mol. The lowest BCUT2D eigenvalue weighted by Crippen LogP contribution is -2.66. The highest BCUT2D eigenvalue weighted by Gasteiger charge is 2.53. The highest BCUT2D eigenvalue weighted by Crippen LogP contribution is 2.43. The third-order valence-electron chi connectivity index (χ3n) is 23.7. The second kappa shape index (κ2) is 80.0. The fourth-order valence-electron chi connectivity index (χ4n) is 16.2. The summed E-state index contributed by atoms with van der Waals surface area (Å²) in [6, 6.07) is -3.66. The summed E-state index contributed by atoms with van der Waals surface area (Å²) in [6.07, 6.45) is 46.5. The van der Waals surface area contributed by atoms with Crippen LogP contribution in [0.3, 0.4) is 0 Å². The Morgan fingerprint density at radius 3 is 0.950 bits per heavy atom. The second-order valence-electron chi connectivity index (χ2n) is 35.1. The number of rotatable bonds is 88. The quantitative estimate of drug-likeness (QED) is 0.00922. The summed E-state index contributed by atoms with van der Waals surface area (Å²) in [7, 11) is -5.61. The van der Waals surface area contributed by atoms with Gasteiger partial charge in [0.25, 0.3) is 0 Å². The zero-order valence-electron chi connectivity index (χ0n) is 77.0. The molecule has 0 aromatic heterocycles. The summed E-state index contributed by atoms with van der Waals surface area (Å²) in [6.45, 7) is 11.1. The van der Waals surface area contributed by atoms with Crippen LogP contribution in [0.4, 0.5) is 0 Å². The lowest BCUT2D eigenvalue weighted by Gasteiger charge is -2.45. The standard InChI is InChI=1S/C96H181N2O21P/c1-7-13-19-25-31-37-39-40-42-48-54-59-65-70-87(104)114-79(67-61-55-49-43-33-27-21-15-9-3)73-85(102)97-82(76-99)92(108)93(109)83(101)78-113-96-91(98-86(103)74-80(68-62-56-50-44-34-28-22-16-10-4)115-88(105)71-64-58-52-46-36-30-24-18-12-6)95(94(84(77-100)117-96)119-120(110,111)112)118-90(107)75-81(69-63-57-51-45-35-29-23-17-11-5)116-89(106)72-66-60-53-47-41-38-32-26-20-14-8-2/h76,79-84,91-96,100-101,108-109H,7-75,77-78H2,1-6H3,(H,97,102)(H,98,103)(H2,110,111,112)/t79?,80?,81?,82-,83+,84+,91+,92+,93+,94+,95+,96+/m0/s1. The van der Waals surface area contributed by atoms with Crippen LogP contribution in [0.15, 0.2) is 0 Å². The Morgan fingerprint density at radius 2 is 0.658 bits per heavy atom. The van der Waals surface area contributed by atoms with E-state index in [4.69, 9.17) is 32.9 Å². The molecule has 706 valence electrons. The number of aliphatic hydroxyl groups is 4. The van der Waals surface area contributed by atoms with Crippen molar-refractivity contribution in [1.29, 1.82) is 0 Å². The molecular weight excluding hydrogens is 1550 g/mol. The molecule has 120 heavy (non-hydrogen) atoms. The number of hydrogen-bond donors (Lipinski definition) is 8. The zero-order valence-corrected chi connectivity index (χ0v) is 77.9. The van der Waals surface area contributed by atoms with Gasteiger partial charge in [-0.05, 0) is 57.8 Å². The van der Waals surface area contributed by atoms with Gasteiger partial charge in [-0.3, -0.25) is 33.3 Å². The highest BCUT2D eigenvalue weighted by atomic mass is 31.2. The molecule has 0 aliphatic carbocycles. The summed E-state index contributed by atoms with van der Waals surface area (Å²) in [5.41, 5.74) is 0. The summed E-state index contributed by atoms with van der Waals surface area (Å²) in [4.78, 5) is 118. The van der Waals surface area contributed by atoms with Crippen LogP contribution in [0.1, 0.15) is 485 Å². The molecule has 0 aromatic rings. The van der Waals surface area contributed by atoms with Gasteiger partial charge in [0.1, 0.15) is 67.2 Å². The van der Waals surface area contributed by atoms with E-state index in [1.165, 1.54) is 148 Å². The van der Waals surface area contributed by atoms with Gasteiger partial charge in [-0.25, -0.2) is 4.57 Å². The minimum Gasteiger partial charge on any atom is -0.462 e. The van der Waals surface area contributed by atoms with Crippen molar-refractivity contribution < 1.29 is 101 Å². The number of nitrogens with one attached hydrogen (secondary N) is 2. The Labute approximate surface area is 729 Å². The normalized spacial score (nSPS) is 17.4. The molecule has 1 fully saturated rings. The van der Waals surface area contributed by atoms with Gasteiger partial charge >= 0.3 is 31.7 Å². The average Bonchev–Trinajstić information content (AvgIpc) is 0.778. The fourth-order valence-corrected chi connectivity index (χ4v) is 16.8. The molecule has 1 aliphatic rings. The van der Waals surface area contributed by atoms with Crippen LogP contribution in [-0.2, 0) is 71.1 Å². The molecule has 0 saturated carbocycles. The van der Waals surface area contributed by atoms with Crippen molar-refractivity contribution in [1.82, 2.24) is 10.6 Å². The number of amides is 2. The van der Waals surface area contributed by atoms with Crippen LogP contribution < -0.4 is 10.6 Å². The fraction of sp³-hybridized carbons (Fsp3) is 0.927. The number of unbranched alkanes of at least 4 members (excludes halogenated alkanes) is 54. The molecule has 0 bridgehead atoms. The predicted octanol–water partition coefficient (Wildman–Crippen LogP) is 22.1. The maximum Gasteiger partial charge on any atom is 0.470 e. The van der Waals surface area contributed by atoms with Crippen molar-refractivity contribution in [3.8, 4) is 0 Å². The van der Waals surface area contributed by atoms with Gasteiger partial charge in [-0.1, -0.05) is 388 Å². The number of phosphoric acid groups is 1. The number of aliphatic hydroxyl groups excluding tert-OH is 4. The smallest absolute Gasteiger partial charge is 0.462 e. The molecule has 0 aromatic carbocycles. The topological polar surface area (TPSA) is 347 Å². The molecular formula is C96H181N2O21P. The molecule has 24 heteroatoms. The lowest BCUT2D eigenvalue weighted by molar-refractivity contribution is -0.278. The Bertz CT molecular complexity index is 2500. The van der Waals surface area contributed by atoms with Crippen LogP contribution in [0.2, 0.25) is 0 Å². The highest BCUT2D eigenvalue weighted by molar-refractivity contribution is 7.46. The largest absolute Gasteiger partial charge is 0.470 e. The molecule has 12 atom stereocenters. The molecule has 23 nitrogen and oxygen atoms in total. The van der Waals surface area contributed by atoms with E-state index in [0.717, 1.165) is 199 Å². The molecule has 0 radical (unpaired) electrons. The van der Waals surface area contributed by atoms with Gasteiger partial charge in [0.15, 0.2) is 12.4 Å². The van der Waals surface area contributed by atoms with Gasteiger partial charge in [0.2, 0.25) is 11.8 Å². The Balaban J connectivity index is 3.76. The van der Waals surface area contributed by atoms with Crippen LogP contribution in [0, 0.1) is 0 Å². The summed E-state index contributed by atoms with van der Waals surface area (Å²) < 4.78 is 55.0. The van der Waals surface area contributed by atoms with Gasteiger partial charge < -0.3 is 74.1 Å². The van der Waals surface area contributed by atoms with Crippen LogP contribution in [0.25, 0.3) is 0 Å². The van der Waals surface area contributed by atoms with Gasteiger partial charge in [-0.2, -0.15) is 0 Å². The maximum atomic E-state index is 14.9. The molecule has 2 amide bonds. The zero-order chi connectivity index (χ0) is 88.2. The molecule has 3 unspecified atom stereocenters. The molecule has 8 N–H and O–H groups in total. The monoisotopic (exact) mass is 1730 g/mol.